The van der Waals surface area contributed by atoms with Crippen molar-refractivity contribution in [2.24, 2.45) is 0 Å². The molecule has 0 aliphatic carbocycles. The van der Waals surface area contributed by atoms with Crippen LogP contribution >= 0.6 is 0 Å². The first-order chi connectivity index (χ1) is 9.97. The standard InChI is InChI=1S/C17H12F2O2/c1-9-3-5-12-10(2)17(21-15(12)7-9)16(20)13-8-11(18)4-6-14(13)19/h3-8H,1-2H3. The van der Waals surface area contributed by atoms with Crippen LogP contribution in [-0.2, 0) is 0 Å². The SMILES string of the molecule is Cc1ccc2c(C)c(C(=O)c3cc(F)ccc3F)oc2c1. The zero-order valence-corrected chi connectivity index (χ0v) is 11.5. The van der Waals surface area contributed by atoms with Crippen molar-refractivity contribution in [3.05, 3.63) is 70.5 Å². The zero-order chi connectivity index (χ0) is 15.1. The van der Waals surface area contributed by atoms with Gasteiger partial charge < -0.3 is 4.42 Å². The maximum absolute atomic E-state index is 13.7. The quantitative estimate of drug-likeness (QED) is 0.646. The van der Waals surface area contributed by atoms with Gasteiger partial charge in [-0.05, 0) is 43.7 Å². The average Bonchev–Trinajstić information content (AvgIpc) is 2.77. The Bertz CT molecular complexity index is 863. The van der Waals surface area contributed by atoms with E-state index >= 15 is 0 Å². The Kier molecular flexibility index (Phi) is 3.09. The predicted molar refractivity (Wildman–Crippen MR) is 75.5 cm³/mol. The topological polar surface area (TPSA) is 30.2 Å². The number of carbonyl (C=O) groups is 1. The summed E-state index contributed by atoms with van der Waals surface area (Å²) in [5, 5.41) is 0.792. The van der Waals surface area contributed by atoms with Crippen LogP contribution < -0.4 is 0 Å². The Balaban J connectivity index is 2.18. The smallest absolute Gasteiger partial charge is 0.231 e. The van der Waals surface area contributed by atoms with Crippen molar-refractivity contribution in [3.8, 4) is 0 Å². The molecule has 0 aliphatic heterocycles. The Labute approximate surface area is 120 Å². The monoisotopic (exact) mass is 286 g/mol. The van der Waals surface area contributed by atoms with Crippen LogP contribution in [0.2, 0.25) is 0 Å². The second kappa shape index (κ2) is 4.81. The van der Waals surface area contributed by atoms with Gasteiger partial charge in [0.05, 0.1) is 5.56 Å². The second-order valence-corrected chi connectivity index (χ2v) is 5.01. The summed E-state index contributed by atoms with van der Waals surface area (Å²) in [4.78, 5) is 12.4. The number of ketones is 1. The van der Waals surface area contributed by atoms with Crippen LogP contribution in [0.4, 0.5) is 8.78 Å². The lowest BCUT2D eigenvalue weighted by Crippen LogP contribution is -2.05. The fourth-order valence-corrected chi connectivity index (χ4v) is 2.34. The zero-order valence-electron chi connectivity index (χ0n) is 11.5. The summed E-state index contributed by atoms with van der Waals surface area (Å²) in [6.07, 6.45) is 0. The minimum absolute atomic E-state index is 0.0418. The first-order valence-corrected chi connectivity index (χ1v) is 6.47. The van der Waals surface area contributed by atoms with Crippen LogP contribution in [0.3, 0.4) is 0 Å². The lowest BCUT2D eigenvalue weighted by atomic mass is 10.0. The van der Waals surface area contributed by atoms with Crippen LogP contribution in [0.25, 0.3) is 11.0 Å². The molecule has 2 aromatic carbocycles. The van der Waals surface area contributed by atoms with E-state index in [1.807, 2.05) is 19.1 Å². The molecule has 0 aliphatic rings. The minimum Gasteiger partial charge on any atom is -0.452 e. The first kappa shape index (κ1) is 13.5. The van der Waals surface area contributed by atoms with Gasteiger partial charge in [0.15, 0.2) is 5.76 Å². The van der Waals surface area contributed by atoms with Gasteiger partial charge in [0.1, 0.15) is 17.2 Å². The summed E-state index contributed by atoms with van der Waals surface area (Å²) in [7, 11) is 0. The van der Waals surface area contributed by atoms with E-state index in [0.717, 1.165) is 29.1 Å². The second-order valence-electron chi connectivity index (χ2n) is 5.01. The fraction of sp³-hybridized carbons (Fsp3) is 0.118. The lowest BCUT2D eigenvalue weighted by molar-refractivity contribution is 0.101. The van der Waals surface area contributed by atoms with Crippen LogP contribution in [-0.4, -0.2) is 5.78 Å². The molecule has 0 fully saturated rings. The number of aryl methyl sites for hydroxylation is 2. The van der Waals surface area contributed by atoms with E-state index in [9.17, 15) is 13.6 Å². The van der Waals surface area contributed by atoms with E-state index in [4.69, 9.17) is 4.42 Å². The molecular weight excluding hydrogens is 274 g/mol. The van der Waals surface area contributed by atoms with Crippen molar-refractivity contribution in [2.45, 2.75) is 13.8 Å². The van der Waals surface area contributed by atoms with Crippen molar-refractivity contribution in [2.75, 3.05) is 0 Å². The third-order valence-electron chi connectivity index (χ3n) is 3.47. The van der Waals surface area contributed by atoms with Gasteiger partial charge in [0, 0.05) is 10.9 Å². The van der Waals surface area contributed by atoms with Gasteiger partial charge >= 0.3 is 0 Å². The molecular formula is C17H12F2O2. The van der Waals surface area contributed by atoms with Crippen LogP contribution in [0.15, 0.2) is 40.8 Å². The number of halogens is 2. The molecule has 0 amide bonds. The summed E-state index contributed by atoms with van der Waals surface area (Å²) in [6.45, 7) is 3.64. The molecule has 1 heterocycles. The molecule has 0 unspecified atom stereocenters. The molecule has 0 saturated heterocycles. The Morgan fingerprint density at radius 2 is 1.81 bits per heavy atom. The molecule has 0 spiro atoms. The van der Waals surface area contributed by atoms with E-state index in [1.165, 1.54) is 0 Å². The summed E-state index contributed by atoms with van der Waals surface area (Å²) >= 11 is 0. The van der Waals surface area contributed by atoms with E-state index in [-0.39, 0.29) is 11.3 Å². The third kappa shape index (κ3) is 2.23. The molecule has 3 rings (SSSR count). The van der Waals surface area contributed by atoms with Crippen LogP contribution in [0.5, 0.6) is 0 Å². The van der Waals surface area contributed by atoms with Crippen molar-refractivity contribution in [3.63, 3.8) is 0 Å². The van der Waals surface area contributed by atoms with Crippen LogP contribution in [0, 0.1) is 25.5 Å². The van der Waals surface area contributed by atoms with Gasteiger partial charge in [0.2, 0.25) is 5.78 Å². The highest BCUT2D eigenvalue weighted by Gasteiger charge is 2.22. The summed E-state index contributed by atoms with van der Waals surface area (Å²) < 4.78 is 32.5. The molecule has 4 heteroatoms. The number of benzene rings is 2. The summed E-state index contributed by atoms with van der Waals surface area (Å²) in [6, 6.07) is 8.35. The Morgan fingerprint density at radius 3 is 2.57 bits per heavy atom. The highest BCUT2D eigenvalue weighted by Crippen LogP contribution is 2.28. The summed E-state index contributed by atoms with van der Waals surface area (Å²) in [5.41, 5.74) is 1.85. The van der Waals surface area contributed by atoms with Crippen molar-refractivity contribution < 1.29 is 18.0 Å². The number of hydrogen-bond acceptors (Lipinski definition) is 2. The van der Waals surface area contributed by atoms with Gasteiger partial charge in [0.25, 0.3) is 0 Å². The Morgan fingerprint density at radius 1 is 1.05 bits per heavy atom. The van der Waals surface area contributed by atoms with Crippen molar-refractivity contribution >= 4 is 16.8 Å². The predicted octanol–water partition coefficient (Wildman–Crippen LogP) is 4.56. The van der Waals surface area contributed by atoms with E-state index in [1.54, 1.807) is 13.0 Å². The third-order valence-corrected chi connectivity index (χ3v) is 3.47. The molecule has 106 valence electrons. The minimum atomic E-state index is -0.766. The molecule has 0 bridgehead atoms. The van der Waals surface area contributed by atoms with Crippen LogP contribution in [0.1, 0.15) is 27.2 Å². The van der Waals surface area contributed by atoms with Crippen molar-refractivity contribution in [1.29, 1.82) is 0 Å². The Hall–Kier alpha value is -2.49. The van der Waals surface area contributed by atoms with E-state index in [0.29, 0.717) is 11.1 Å². The molecule has 0 N–H and O–H groups in total. The van der Waals surface area contributed by atoms with E-state index < -0.39 is 17.4 Å². The number of furan rings is 1. The number of carbonyl (C=O) groups excluding carboxylic acids is 1. The van der Waals surface area contributed by atoms with E-state index in [2.05, 4.69) is 0 Å². The molecule has 21 heavy (non-hydrogen) atoms. The largest absolute Gasteiger partial charge is 0.452 e. The molecule has 2 nitrogen and oxygen atoms in total. The maximum Gasteiger partial charge on any atom is 0.231 e. The van der Waals surface area contributed by atoms with Gasteiger partial charge in [-0.15, -0.1) is 0 Å². The molecule has 1 aromatic heterocycles. The number of rotatable bonds is 2. The molecule has 0 saturated carbocycles. The fourth-order valence-electron chi connectivity index (χ4n) is 2.34. The summed E-state index contributed by atoms with van der Waals surface area (Å²) in [5.74, 6) is -2.04. The molecule has 3 aromatic rings. The normalized spacial score (nSPS) is 11.0. The first-order valence-electron chi connectivity index (χ1n) is 6.47. The lowest BCUT2D eigenvalue weighted by Gasteiger charge is -2.01. The average molecular weight is 286 g/mol. The van der Waals surface area contributed by atoms with Gasteiger partial charge in [-0.3, -0.25) is 4.79 Å². The number of fused-ring (bicyclic) bond motifs is 1. The molecule has 0 atom stereocenters. The molecule has 0 radical (unpaired) electrons. The maximum atomic E-state index is 13.7. The highest BCUT2D eigenvalue weighted by molar-refractivity contribution is 6.10. The van der Waals surface area contributed by atoms with Gasteiger partial charge in [-0.1, -0.05) is 12.1 Å². The highest BCUT2D eigenvalue weighted by atomic mass is 19.1. The number of hydrogen-bond donors (Lipinski definition) is 0. The van der Waals surface area contributed by atoms with Crippen molar-refractivity contribution in [1.82, 2.24) is 0 Å². The van der Waals surface area contributed by atoms with Gasteiger partial charge in [-0.2, -0.15) is 0 Å². The van der Waals surface area contributed by atoms with Gasteiger partial charge in [-0.25, -0.2) is 8.78 Å².